The minimum absolute atomic E-state index is 0.140. The number of piperidine rings is 1. The molecule has 0 spiro atoms. The summed E-state index contributed by atoms with van der Waals surface area (Å²) in [5.41, 5.74) is 0.140. The minimum atomic E-state index is 0.140. The van der Waals surface area contributed by atoms with Gasteiger partial charge in [-0.1, -0.05) is 13.8 Å². The molecule has 0 atom stereocenters. The van der Waals surface area contributed by atoms with E-state index in [0.29, 0.717) is 12.0 Å². The van der Waals surface area contributed by atoms with Gasteiger partial charge in [-0.2, -0.15) is 0 Å². The van der Waals surface area contributed by atoms with Crippen LogP contribution in [-0.4, -0.2) is 36.7 Å². The van der Waals surface area contributed by atoms with Crippen LogP contribution in [0.5, 0.6) is 0 Å². The van der Waals surface area contributed by atoms with E-state index >= 15 is 0 Å². The summed E-state index contributed by atoms with van der Waals surface area (Å²) in [4.78, 5) is 2.39. The number of hydrogen-bond donors (Lipinski definition) is 0. The molecule has 1 heterocycles. The van der Waals surface area contributed by atoms with E-state index < -0.39 is 0 Å². The Labute approximate surface area is 88.6 Å². The van der Waals surface area contributed by atoms with Gasteiger partial charge in [0.05, 0.1) is 11.7 Å². The van der Waals surface area contributed by atoms with Crippen LogP contribution in [0.4, 0.5) is 0 Å². The van der Waals surface area contributed by atoms with Crippen molar-refractivity contribution in [3.63, 3.8) is 0 Å². The molecule has 0 aromatic heterocycles. The summed E-state index contributed by atoms with van der Waals surface area (Å²) < 4.78 is 6.16. The lowest BCUT2D eigenvalue weighted by molar-refractivity contribution is -0.136. The van der Waals surface area contributed by atoms with Crippen LogP contribution in [0.1, 0.15) is 40.5 Å². The van der Waals surface area contributed by atoms with Gasteiger partial charge in [-0.05, 0) is 39.7 Å². The van der Waals surface area contributed by atoms with E-state index in [1.165, 1.54) is 25.9 Å². The maximum Gasteiger partial charge on any atom is 0.0733 e. The van der Waals surface area contributed by atoms with E-state index in [1.807, 2.05) is 0 Å². The van der Waals surface area contributed by atoms with Gasteiger partial charge in [0.15, 0.2) is 0 Å². The third-order valence-electron chi connectivity index (χ3n) is 3.36. The van der Waals surface area contributed by atoms with Crippen molar-refractivity contribution in [2.45, 2.75) is 52.2 Å². The normalized spacial score (nSPS) is 23.4. The Morgan fingerprint density at radius 2 is 1.57 bits per heavy atom. The lowest BCUT2D eigenvalue weighted by atomic mass is 9.81. The molecule has 1 aliphatic rings. The summed E-state index contributed by atoms with van der Waals surface area (Å²) in [6.07, 6.45) is 2.71. The van der Waals surface area contributed by atoms with Crippen molar-refractivity contribution in [3.05, 3.63) is 0 Å². The fraction of sp³-hybridized carbons (Fsp3) is 1.00. The van der Waals surface area contributed by atoms with Crippen molar-refractivity contribution in [2.24, 2.45) is 5.92 Å². The highest BCUT2D eigenvalue weighted by atomic mass is 16.5. The number of likely N-dealkylation sites (tertiary alicyclic amines) is 1. The average Bonchev–Trinajstić information content (AvgIpc) is 2.08. The molecule has 0 unspecified atom stereocenters. The maximum absolute atomic E-state index is 6.16. The Hall–Kier alpha value is -0.0800. The Morgan fingerprint density at radius 1 is 1.07 bits per heavy atom. The first-order chi connectivity index (χ1) is 6.46. The molecule has 0 bridgehead atoms. The molecule has 2 heteroatoms. The van der Waals surface area contributed by atoms with Crippen LogP contribution in [0.15, 0.2) is 0 Å². The molecule has 14 heavy (non-hydrogen) atoms. The van der Waals surface area contributed by atoms with Crippen LogP contribution in [-0.2, 0) is 4.74 Å². The number of ether oxygens (including phenoxy) is 1. The predicted octanol–water partition coefficient (Wildman–Crippen LogP) is 2.53. The Morgan fingerprint density at radius 3 is 1.93 bits per heavy atom. The molecule has 84 valence electrons. The standard InChI is InChI=1S/C12H25NO/c1-10(2)12(14-11(3)4)6-8-13(5)9-7-12/h10-11H,6-9H2,1-5H3. The number of hydrogen-bond acceptors (Lipinski definition) is 2. The lowest BCUT2D eigenvalue weighted by Gasteiger charge is -2.44. The van der Waals surface area contributed by atoms with Crippen molar-refractivity contribution in [3.8, 4) is 0 Å². The highest BCUT2D eigenvalue weighted by Gasteiger charge is 2.38. The van der Waals surface area contributed by atoms with Crippen LogP contribution in [0.25, 0.3) is 0 Å². The lowest BCUT2D eigenvalue weighted by Crippen LogP contribution is -2.49. The first kappa shape index (κ1) is 12.0. The van der Waals surface area contributed by atoms with Crippen molar-refractivity contribution in [1.82, 2.24) is 4.90 Å². The fourth-order valence-electron chi connectivity index (χ4n) is 2.30. The molecule has 1 aliphatic heterocycles. The van der Waals surface area contributed by atoms with Crippen molar-refractivity contribution in [2.75, 3.05) is 20.1 Å². The molecule has 1 fully saturated rings. The van der Waals surface area contributed by atoms with Gasteiger partial charge in [-0.3, -0.25) is 0 Å². The first-order valence-electron chi connectivity index (χ1n) is 5.82. The molecule has 0 aliphatic carbocycles. The zero-order valence-corrected chi connectivity index (χ0v) is 10.3. The SMILES string of the molecule is CC(C)OC1(C(C)C)CCN(C)CC1. The van der Waals surface area contributed by atoms with Gasteiger partial charge < -0.3 is 9.64 Å². The van der Waals surface area contributed by atoms with Crippen LogP contribution in [0.3, 0.4) is 0 Å². The van der Waals surface area contributed by atoms with E-state index in [2.05, 4.69) is 39.6 Å². The van der Waals surface area contributed by atoms with Gasteiger partial charge in [-0.25, -0.2) is 0 Å². The Kier molecular flexibility index (Phi) is 3.96. The molecule has 1 saturated heterocycles. The maximum atomic E-state index is 6.16. The van der Waals surface area contributed by atoms with Crippen molar-refractivity contribution in [1.29, 1.82) is 0 Å². The summed E-state index contributed by atoms with van der Waals surface area (Å²) in [5.74, 6) is 0.624. The van der Waals surface area contributed by atoms with Gasteiger partial charge in [0.25, 0.3) is 0 Å². The van der Waals surface area contributed by atoms with Crippen LogP contribution in [0, 0.1) is 5.92 Å². The molecule has 2 nitrogen and oxygen atoms in total. The van der Waals surface area contributed by atoms with Crippen LogP contribution in [0.2, 0.25) is 0 Å². The Bertz CT molecular complexity index is 169. The summed E-state index contributed by atoms with van der Waals surface area (Å²) >= 11 is 0. The van der Waals surface area contributed by atoms with E-state index in [9.17, 15) is 0 Å². The highest BCUT2D eigenvalue weighted by molar-refractivity contribution is 4.90. The van der Waals surface area contributed by atoms with E-state index in [0.717, 1.165) is 0 Å². The third-order valence-corrected chi connectivity index (χ3v) is 3.36. The second-order valence-electron chi connectivity index (χ2n) is 5.19. The zero-order chi connectivity index (χ0) is 10.8. The molecular weight excluding hydrogens is 174 g/mol. The van der Waals surface area contributed by atoms with E-state index in [-0.39, 0.29) is 5.60 Å². The van der Waals surface area contributed by atoms with Gasteiger partial charge in [0.1, 0.15) is 0 Å². The summed E-state index contributed by atoms with van der Waals surface area (Å²) in [6, 6.07) is 0. The monoisotopic (exact) mass is 199 g/mol. The summed E-state index contributed by atoms with van der Waals surface area (Å²) in [5, 5.41) is 0. The average molecular weight is 199 g/mol. The van der Waals surface area contributed by atoms with Gasteiger partial charge in [-0.15, -0.1) is 0 Å². The fourth-order valence-corrected chi connectivity index (χ4v) is 2.30. The summed E-state index contributed by atoms with van der Waals surface area (Å²) in [6.45, 7) is 11.2. The van der Waals surface area contributed by atoms with E-state index in [4.69, 9.17) is 4.74 Å². The summed E-state index contributed by atoms with van der Waals surface area (Å²) in [7, 11) is 2.19. The van der Waals surface area contributed by atoms with Gasteiger partial charge in [0.2, 0.25) is 0 Å². The van der Waals surface area contributed by atoms with E-state index in [1.54, 1.807) is 0 Å². The number of rotatable bonds is 3. The first-order valence-corrected chi connectivity index (χ1v) is 5.82. The minimum Gasteiger partial charge on any atom is -0.372 e. The van der Waals surface area contributed by atoms with Crippen molar-refractivity contribution < 1.29 is 4.74 Å². The molecule has 0 radical (unpaired) electrons. The molecule has 0 aromatic rings. The number of nitrogens with zero attached hydrogens (tertiary/aromatic N) is 1. The predicted molar refractivity (Wildman–Crippen MR) is 60.5 cm³/mol. The van der Waals surface area contributed by atoms with Gasteiger partial charge in [0, 0.05) is 13.1 Å². The van der Waals surface area contributed by atoms with Crippen molar-refractivity contribution >= 4 is 0 Å². The third kappa shape index (κ3) is 2.71. The van der Waals surface area contributed by atoms with Crippen LogP contribution >= 0.6 is 0 Å². The smallest absolute Gasteiger partial charge is 0.0733 e. The topological polar surface area (TPSA) is 12.5 Å². The molecule has 0 amide bonds. The Balaban J connectivity index is 2.63. The highest BCUT2D eigenvalue weighted by Crippen LogP contribution is 2.34. The molecule has 0 aromatic carbocycles. The second kappa shape index (κ2) is 4.63. The largest absolute Gasteiger partial charge is 0.372 e. The molecule has 0 saturated carbocycles. The quantitative estimate of drug-likeness (QED) is 0.692. The molecule has 1 rings (SSSR count). The molecule has 0 N–H and O–H groups in total. The van der Waals surface area contributed by atoms with Gasteiger partial charge >= 0.3 is 0 Å². The zero-order valence-electron chi connectivity index (χ0n) is 10.3. The molecular formula is C12H25NO. The second-order valence-corrected chi connectivity index (χ2v) is 5.19. The van der Waals surface area contributed by atoms with Crippen LogP contribution < -0.4 is 0 Å².